The van der Waals surface area contributed by atoms with Gasteiger partial charge in [-0.1, -0.05) is 49.9 Å². The quantitative estimate of drug-likeness (QED) is 0.319. The number of hydrogen-bond acceptors (Lipinski definition) is 7. The van der Waals surface area contributed by atoms with Crippen molar-refractivity contribution in [1.82, 2.24) is 19.8 Å². The van der Waals surface area contributed by atoms with Crippen LogP contribution in [-0.4, -0.2) is 45.1 Å². The number of ether oxygens (including phenoxy) is 2. The van der Waals surface area contributed by atoms with Crippen LogP contribution in [0.3, 0.4) is 0 Å². The van der Waals surface area contributed by atoms with Crippen molar-refractivity contribution in [2.75, 3.05) is 18.6 Å². The van der Waals surface area contributed by atoms with Gasteiger partial charge in [-0.05, 0) is 41.3 Å². The third kappa shape index (κ3) is 7.08. The maximum absolute atomic E-state index is 12.5. The van der Waals surface area contributed by atoms with Crippen LogP contribution in [0.15, 0.2) is 53.7 Å². The number of amides is 1. The Kier molecular flexibility index (Phi) is 8.69. The summed E-state index contributed by atoms with van der Waals surface area (Å²) in [5, 5.41) is 8.48. The van der Waals surface area contributed by atoms with Gasteiger partial charge >= 0.3 is 6.61 Å². The SMILES string of the molecule is CC(C)c1ccc(OCc2nnc(SCC(=O)N(C)Cc3ccc(OC(F)F)cc3)n2N)cc1. The maximum Gasteiger partial charge on any atom is 0.387 e. The Bertz CT molecular complexity index is 1080. The van der Waals surface area contributed by atoms with Crippen molar-refractivity contribution in [2.24, 2.45) is 0 Å². The van der Waals surface area contributed by atoms with E-state index in [2.05, 4.69) is 28.8 Å². The summed E-state index contributed by atoms with van der Waals surface area (Å²) in [6.07, 6.45) is 0. The fourth-order valence-electron chi connectivity index (χ4n) is 2.98. The second kappa shape index (κ2) is 11.7. The molecule has 0 atom stereocenters. The fourth-order valence-corrected chi connectivity index (χ4v) is 3.79. The molecule has 2 N–H and O–H groups in total. The summed E-state index contributed by atoms with van der Waals surface area (Å²) in [6.45, 7) is 1.84. The van der Waals surface area contributed by atoms with Crippen LogP contribution >= 0.6 is 11.8 Å². The fraction of sp³-hybridized carbons (Fsp3) is 0.348. The van der Waals surface area contributed by atoms with Crippen molar-refractivity contribution in [2.45, 2.75) is 44.7 Å². The van der Waals surface area contributed by atoms with Gasteiger partial charge in [-0.2, -0.15) is 8.78 Å². The zero-order valence-corrected chi connectivity index (χ0v) is 20.0. The minimum absolute atomic E-state index is 0.0675. The summed E-state index contributed by atoms with van der Waals surface area (Å²) >= 11 is 1.17. The minimum Gasteiger partial charge on any atom is -0.486 e. The van der Waals surface area contributed by atoms with Gasteiger partial charge in [0.15, 0.2) is 5.82 Å². The second-order valence-electron chi connectivity index (χ2n) is 7.84. The number of alkyl halides is 2. The molecule has 0 spiro atoms. The summed E-state index contributed by atoms with van der Waals surface area (Å²) in [5.74, 6) is 7.67. The molecule has 0 fully saturated rings. The molecule has 2 aromatic carbocycles. The van der Waals surface area contributed by atoms with Crippen LogP contribution in [0.5, 0.6) is 11.5 Å². The topological polar surface area (TPSA) is 95.5 Å². The summed E-state index contributed by atoms with van der Waals surface area (Å²) < 4.78 is 35.9. The summed E-state index contributed by atoms with van der Waals surface area (Å²) in [4.78, 5) is 14.0. The number of rotatable bonds is 11. The first-order chi connectivity index (χ1) is 16.2. The van der Waals surface area contributed by atoms with E-state index in [0.717, 1.165) is 5.56 Å². The van der Waals surface area contributed by atoms with Gasteiger partial charge < -0.3 is 20.2 Å². The molecule has 0 bridgehead atoms. The summed E-state index contributed by atoms with van der Waals surface area (Å²) in [7, 11) is 1.66. The lowest BCUT2D eigenvalue weighted by molar-refractivity contribution is -0.127. The van der Waals surface area contributed by atoms with Gasteiger partial charge in [-0.15, -0.1) is 10.2 Å². The van der Waals surface area contributed by atoms with Crippen molar-refractivity contribution in [3.05, 3.63) is 65.5 Å². The number of carbonyl (C=O) groups is 1. The maximum atomic E-state index is 12.5. The lowest BCUT2D eigenvalue weighted by Gasteiger charge is -2.17. The molecule has 11 heteroatoms. The number of benzene rings is 2. The molecule has 0 radical (unpaired) electrons. The van der Waals surface area contributed by atoms with Crippen LogP contribution in [0.1, 0.15) is 36.7 Å². The first kappa shape index (κ1) is 25.3. The molecule has 34 heavy (non-hydrogen) atoms. The van der Waals surface area contributed by atoms with Crippen LogP contribution in [0, 0.1) is 0 Å². The number of nitrogen functional groups attached to an aromatic ring is 1. The van der Waals surface area contributed by atoms with Crippen LogP contribution < -0.4 is 15.3 Å². The van der Waals surface area contributed by atoms with Crippen LogP contribution in [0.25, 0.3) is 0 Å². The van der Waals surface area contributed by atoms with Gasteiger partial charge in [-0.3, -0.25) is 4.79 Å². The number of thioether (sulfide) groups is 1. The molecule has 1 aromatic heterocycles. The summed E-state index contributed by atoms with van der Waals surface area (Å²) in [6, 6.07) is 14.0. The highest BCUT2D eigenvalue weighted by atomic mass is 32.2. The summed E-state index contributed by atoms with van der Waals surface area (Å²) in [5.41, 5.74) is 2.01. The Balaban J connectivity index is 1.48. The van der Waals surface area contributed by atoms with E-state index in [1.807, 2.05) is 24.3 Å². The lowest BCUT2D eigenvalue weighted by atomic mass is 10.0. The number of carbonyl (C=O) groups excluding carboxylic acids is 1. The van der Waals surface area contributed by atoms with Gasteiger partial charge in [0, 0.05) is 13.6 Å². The molecule has 3 rings (SSSR count). The van der Waals surface area contributed by atoms with Crippen molar-refractivity contribution >= 4 is 17.7 Å². The number of nitrogens with zero attached hydrogens (tertiary/aromatic N) is 4. The van der Waals surface area contributed by atoms with E-state index in [9.17, 15) is 13.6 Å². The molecule has 1 amide bonds. The Morgan fingerprint density at radius 1 is 1.09 bits per heavy atom. The van der Waals surface area contributed by atoms with Gasteiger partial charge in [0.2, 0.25) is 11.1 Å². The van der Waals surface area contributed by atoms with Crippen LogP contribution in [0.2, 0.25) is 0 Å². The van der Waals surface area contributed by atoms with Gasteiger partial charge in [0.1, 0.15) is 18.1 Å². The predicted octanol–water partition coefficient (Wildman–Crippen LogP) is 4.05. The van der Waals surface area contributed by atoms with Crippen molar-refractivity contribution in [3.63, 3.8) is 0 Å². The van der Waals surface area contributed by atoms with E-state index >= 15 is 0 Å². The smallest absolute Gasteiger partial charge is 0.387 e. The molecule has 0 unspecified atom stereocenters. The van der Waals surface area contributed by atoms with E-state index in [1.165, 1.54) is 39.0 Å². The van der Waals surface area contributed by atoms with E-state index in [1.54, 1.807) is 19.2 Å². The second-order valence-corrected chi connectivity index (χ2v) is 8.78. The van der Waals surface area contributed by atoms with Crippen molar-refractivity contribution < 1.29 is 23.0 Å². The van der Waals surface area contributed by atoms with Crippen molar-refractivity contribution in [3.8, 4) is 11.5 Å². The van der Waals surface area contributed by atoms with E-state index in [-0.39, 0.29) is 24.0 Å². The van der Waals surface area contributed by atoms with Gasteiger partial charge in [-0.25, -0.2) is 4.68 Å². The van der Waals surface area contributed by atoms with Crippen LogP contribution in [-0.2, 0) is 17.9 Å². The van der Waals surface area contributed by atoms with Gasteiger partial charge in [0.25, 0.3) is 0 Å². The molecular weight excluding hydrogens is 464 g/mol. The zero-order valence-electron chi connectivity index (χ0n) is 19.1. The van der Waals surface area contributed by atoms with Crippen molar-refractivity contribution in [1.29, 1.82) is 0 Å². The van der Waals surface area contributed by atoms with Gasteiger partial charge in [0.05, 0.1) is 5.75 Å². The Morgan fingerprint density at radius 2 is 1.74 bits per heavy atom. The third-order valence-corrected chi connectivity index (χ3v) is 5.90. The first-order valence-electron chi connectivity index (χ1n) is 10.6. The average Bonchev–Trinajstić information content (AvgIpc) is 3.16. The number of halogens is 2. The predicted molar refractivity (Wildman–Crippen MR) is 125 cm³/mol. The Labute approximate surface area is 201 Å². The molecule has 0 aliphatic carbocycles. The molecule has 0 aliphatic rings. The van der Waals surface area contributed by atoms with Crippen LogP contribution in [0.4, 0.5) is 8.78 Å². The number of aromatic nitrogens is 3. The monoisotopic (exact) mass is 491 g/mol. The first-order valence-corrected chi connectivity index (χ1v) is 11.5. The average molecular weight is 492 g/mol. The van der Waals surface area contributed by atoms with E-state index in [0.29, 0.717) is 29.2 Å². The molecule has 8 nitrogen and oxygen atoms in total. The van der Waals surface area contributed by atoms with E-state index in [4.69, 9.17) is 10.6 Å². The molecule has 0 saturated carbocycles. The highest BCUT2D eigenvalue weighted by Gasteiger charge is 2.15. The number of hydrogen-bond donors (Lipinski definition) is 1. The molecule has 182 valence electrons. The molecule has 0 aliphatic heterocycles. The Hall–Kier alpha value is -3.34. The zero-order chi connectivity index (χ0) is 24.7. The number of nitrogens with two attached hydrogens (primary N) is 1. The molecule has 3 aromatic rings. The molecule has 0 saturated heterocycles. The Morgan fingerprint density at radius 3 is 2.35 bits per heavy atom. The normalized spacial score (nSPS) is 11.1. The molecular formula is C23H27F2N5O3S. The molecule has 1 heterocycles. The lowest BCUT2D eigenvalue weighted by Crippen LogP contribution is -2.28. The largest absolute Gasteiger partial charge is 0.486 e. The van der Waals surface area contributed by atoms with E-state index < -0.39 is 6.61 Å². The third-order valence-electron chi connectivity index (χ3n) is 4.97. The highest BCUT2D eigenvalue weighted by Crippen LogP contribution is 2.21. The highest BCUT2D eigenvalue weighted by molar-refractivity contribution is 7.99. The minimum atomic E-state index is -2.87. The standard InChI is InChI=1S/C23H27F2N5O3S/c1-15(2)17-6-10-18(11-7-17)32-13-20-27-28-23(30(20)26)34-14-21(31)29(3)12-16-4-8-19(9-5-16)33-22(24)25/h4-11,15,22H,12-14,26H2,1-3H3.